The van der Waals surface area contributed by atoms with E-state index < -0.39 is 0 Å². The van der Waals surface area contributed by atoms with Gasteiger partial charge in [-0.1, -0.05) is 24.6 Å². The van der Waals surface area contributed by atoms with Crippen LogP contribution in [0.15, 0.2) is 18.2 Å². The molecular formula is C15H20ClN3. The molecule has 0 N–H and O–H groups in total. The van der Waals surface area contributed by atoms with Crippen molar-refractivity contribution >= 4 is 17.3 Å². The van der Waals surface area contributed by atoms with Crippen LogP contribution in [-0.2, 0) is 0 Å². The van der Waals surface area contributed by atoms with Gasteiger partial charge in [-0.15, -0.1) is 0 Å². The lowest BCUT2D eigenvalue weighted by Gasteiger charge is -2.33. The van der Waals surface area contributed by atoms with Gasteiger partial charge in [-0.25, -0.2) is 0 Å². The summed E-state index contributed by atoms with van der Waals surface area (Å²) in [4.78, 5) is 4.72. The molecule has 1 heterocycles. The standard InChI is InChI=1S/C15H20ClN3/c1-3-12-11-18(2)8-5-9-19(12)15-7-4-6-14(16)13(15)10-17/h4,6-7,12H,3,5,8-9,11H2,1-2H3. The smallest absolute Gasteiger partial charge is 0.103 e. The van der Waals surface area contributed by atoms with E-state index in [0.29, 0.717) is 16.6 Å². The van der Waals surface area contributed by atoms with Crippen LogP contribution in [0.4, 0.5) is 5.69 Å². The summed E-state index contributed by atoms with van der Waals surface area (Å²) in [7, 11) is 2.16. The summed E-state index contributed by atoms with van der Waals surface area (Å²) in [5.74, 6) is 0. The summed E-state index contributed by atoms with van der Waals surface area (Å²) in [6.07, 6.45) is 2.19. The van der Waals surface area contributed by atoms with Crippen LogP contribution in [0.25, 0.3) is 0 Å². The fourth-order valence-electron chi connectivity index (χ4n) is 2.77. The van der Waals surface area contributed by atoms with Gasteiger partial charge in [-0.05, 0) is 38.6 Å². The molecule has 0 bridgehead atoms. The average Bonchev–Trinajstić information content (AvgIpc) is 2.59. The second kappa shape index (κ2) is 6.27. The van der Waals surface area contributed by atoms with Crippen LogP contribution >= 0.6 is 11.6 Å². The van der Waals surface area contributed by atoms with Crippen molar-refractivity contribution in [3.63, 3.8) is 0 Å². The zero-order valence-corrected chi connectivity index (χ0v) is 12.3. The maximum atomic E-state index is 9.34. The Hall–Kier alpha value is -1.24. The lowest BCUT2D eigenvalue weighted by atomic mass is 10.1. The molecule has 2 rings (SSSR count). The van der Waals surface area contributed by atoms with Gasteiger partial charge >= 0.3 is 0 Å². The highest BCUT2D eigenvalue weighted by molar-refractivity contribution is 6.32. The molecule has 0 aliphatic carbocycles. The number of rotatable bonds is 2. The minimum atomic E-state index is 0.443. The molecule has 1 unspecified atom stereocenters. The first-order valence-electron chi connectivity index (χ1n) is 6.81. The number of likely N-dealkylation sites (N-methyl/N-ethyl adjacent to an activating group) is 1. The van der Waals surface area contributed by atoms with Crippen LogP contribution in [0.1, 0.15) is 25.3 Å². The Morgan fingerprint density at radius 2 is 2.21 bits per heavy atom. The molecule has 19 heavy (non-hydrogen) atoms. The van der Waals surface area contributed by atoms with E-state index in [1.54, 1.807) is 6.07 Å². The van der Waals surface area contributed by atoms with Crippen LogP contribution in [0.2, 0.25) is 5.02 Å². The maximum Gasteiger partial charge on any atom is 0.103 e. The number of anilines is 1. The number of halogens is 1. The highest BCUT2D eigenvalue weighted by atomic mass is 35.5. The van der Waals surface area contributed by atoms with E-state index >= 15 is 0 Å². The quantitative estimate of drug-likeness (QED) is 0.832. The molecule has 1 aromatic rings. The van der Waals surface area contributed by atoms with Crippen LogP contribution in [0.5, 0.6) is 0 Å². The van der Waals surface area contributed by atoms with E-state index in [2.05, 4.69) is 29.8 Å². The Kier molecular flexibility index (Phi) is 4.68. The summed E-state index contributed by atoms with van der Waals surface area (Å²) in [5.41, 5.74) is 1.59. The Morgan fingerprint density at radius 3 is 2.89 bits per heavy atom. The molecule has 1 aliphatic heterocycles. The molecular weight excluding hydrogens is 258 g/mol. The van der Waals surface area contributed by atoms with Gasteiger partial charge in [0.2, 0.25) is 0 Å². The summed E-state index contributed by atoms with van der Waals surface area (Å²) < 4.78 is 0. The average molecular weight is 278 g/mol. The van der Waals surface area contributed by atoms with Crippen molar-refractivity contribution < 1.29 is 0 Å². The fourth-order valence-corrected chi connectivity index (χ4v) is 2.98. The normalized spacial score (nSPS) is 20.9. The molecule has 1 aliphatic rings. The number of hydrogen-bond acceptors (Lipinski definition) is 3. The number of nitriles is 1. The monoisotopic (exact) mass is 277 g/mol. The van der Waals surface area contributed by atoms with Gasteiger partial charge in [0.25, 0.3) is 0 Å². The minimum Gasteiger partial charge on any atom is -0.366 e. The van der Waals surface area contributed by atoms with Gasteiger partial charge < -0.3 is 9.80 Å². The van der Waals surface area contributed by atoms with Crippen molar-refractivity contribution in [1.29, 1.82) is 5.26 Å². The summed E-state index contributed by atoms with van der Waals surface area (Å²) in [6, 6.07) is 8.42. The Labute approximate surface area is 120 Å². The van der Waals surface area contributed by atoms with Crippen molar-refractivity contribution in [2.24, 2.45) is 0 Å². The number of benzene rings is 1. The minimum absolute atomic E-state index is 0.443. The van der Waals surface area contributed by atoms with Gasteiger partial charge in [0.1, 0.15) is 6.07 Å². The molecule has 102 valence electrons. The zero-order valence-electron chi connectivity index (χ0n) is 11.6. The maximum absolute atomic E-state index is 9.34. The summed E-state index contributed by atoms with van der Waals surface area (Å²) >= 11 is 6.15. The van der Waals surface area contributed by atoms with Crippen molar-refractivity contribution in [2.45, 2.75) is 25.8 Å². The lowest BCUT2D eigenvalue weighted by Crippen LogP contribution is -2.40. The molecule has 0 amide bonds. The zero-order chi connectivity index (χ0) is 13.8. The van der Waals surface area contributed by atoms with Gasteiger partial charge in [-0.2, -0.15) is 5.26 Å². The van der Waals surface area contributed by atoms with Crippen LogP contribution in [0.3, 0.4) is 0 Å². The summed E-state index contributed by atoms with van der Waals surface area (Å²) in [5, 5.41) is 9.89. The molecule has 1 atom stereocenters. The number of nitrogens with zero attached hydrogens (tertiary/aromatic N) is 3. The Morgan fingerprint density at radius 1 is 1.42 bits per heavy atom. The van der Waals surface area contributed by atoms with Crippen LogP contribution in [-0.4, -0.2) is 37.6 Å². The van der Waals surface area contributed by atoms with Crippen LogP contribution in [0, 0.1) is 11.3 Å². The van der Waals surface area contributed by atoms with Gasteiger partial charge in [-0.3, -0.25) is 0 Å². The first-order valence-corrected chi connectivity index (χ1v) is 7.19. The third-order valence-electron chi connectivity index (χ3n) is 3.79. The molecule has 0 radical (unpaired) electrons. The molecule has 0 aromatic heterocycles. The predicted molar refractivity (Wildman–Crippen MR) is 79.7 cm³/mol. The Bertz CT molecular complexity index is 481. The van der Waals surface area contributed by atoms with Gasteiger partial charge in [0.05, 0.1) is 16.3 Å². The van der Waals surface area contributed by atoms with Crippen molar-refractivity contribution in [3.8, 4) is 6.07 Å². The van der Waals surface area contributed by atoms with Gasteiger partial charge in [0.15, 0.2) is 0 Å². The molecule has 0 saturated carbocycles. The van der Waals surface area contributed by atoms with E-state index in [1.165, 1.54) is 0 Å². The molecule has 4 heteroatoms. The second-order valence-corrected chi connectivity index (χ2v) is 5.52. The predicted octanol–water partition coefficient (Wildman–Crippen LogP) is 3.13. The first-order chi connectivity index (χ1) is 9.17. The molecule has 1 saturated heterocycles. The van der Waals surface area contributed by atoms with E-state index in [0.717, 1.165) is 38.2 Å². The van der Waals surface area contributed by atoms with Gasteiger partial charge in [0, 0.05) is 19.1 Å². The molecule has 1 fully saturated rings. The first kappa shape index (κ1) is 14.2. The molecule has 0 spiro atoms. The number of hydrogen-bond donors (Lipinski definition) is 0. The van der Waals surface area contributed by atoms with Crippen molar-refractivity contribution in [2.75, 3.05) is 31.6 Å². The molecule has 3 nitrogen and oxygen atoms in total. The third kappa shape index (κ3) is 3.02. The van der Waals surface area contributed by atoms with Crippen LogP contribution < -0.4 is 4.90 Å². The fraction of sp³-hybridized carbons (Fsp3) is 0.533. The highest BCUT2D eigenvalue weighted by Gasteiger charge is 2.24. The largest absolute Gasteiger partial charge is 0.366 e. The topological polar surface area (TPSA) is 30.3 Å². The lowest BCUT2D eigenvalue weighted by molar-refractivity contribution is 0.328. The van der Waals surface area contributed by atoms with E-state index in [-0.39, 0.29) is 0 Å². The highest BCUT2D eigenvalue weighted by Crippen LogP contribution is 2.30. The Balaban J connectivity index is 2.38. The van der Waals surface area contributed by atoms with Crippen molar-refractivity contribution in [1.82, 2.24) is 4.90 Å². The summed E-state index contributed by atoms with van der Waals surface area (Å²) in [6.45, 7) is 5.33. The SMILES string of the molecule is CCC1CN(C)CCCN1c1cccc(Cl)c1C#N. The van der Waals surface area contributed by atoms with E-state index in [9.17, 15) is 5.26 Å². The third-order valence-corrected chi connectivity index (χ3v) is 4.10. The van der Waals surface area contributed by atoms with E-state index in [4.69, 9.17) is 11.6 Å². The molecule has 1 aromatic carbocycles. The second-order valence-electron chi connectivity index (χ2n) is 5.12. The van der Waals surface area contributed by atoms with E-state index in [1.807, 2.05) is 12.1 Å². The van der Waals surface area contributed by atoms with Crippen molar-refractivity contribution in [3.05, 3.63) is 28.8 Å².